The number of rotatable bonds is 4. The third kappa shape index (κ3) is 3.64. The van der Waals surface area contributed by atoms with Gasteiger partial charge in [0.2, 0.25) is 0 Å². The van der Waals surface area contributed by atoms with Crippen LogP contribution in [0.1, 0.15) is 36.5 Å². The van der Waals surface area contributed by atoms with Crippen LogP contribution in [-0.2, 0) is 0 Å². The molecule has 4 heteroatoms. The van der Waals surface area contributed by atoms with Crippen molar-refractivity contribution in [3.8, 4) is 11.5 Å². The van der Waals surface area contributed by atoms with Gasteiger partial charge < -0.3 is 10.5 Å². The van der Waals surface area contributed by atoms with E-state index in [9.17, 15) is 0 Å². The highest BCUT2D eigenvalue weighted by molar-refractivity contribution is 9.10. The molecule has 21 heavy (non-hydrogen) atoms. The number of halogens is 1. The summed E-state index contributed by atoms with van der Waals surface area (Å²) in [6.45, 7) is 6.21. The van der Waals surface area contributed by atoms with Gasteiger partial charge in [0.1, 0.15) is 17.3 Å². The van der Waals surface area contributed by atoms with Crippen molar-refractivity contribution >= 4 is 21.8 Å². The minimum Gasteiger partial charge on any atom is -0.456 e. The van der Waals surface area contributed by atoms with Gasteiger partial charge in [-0.1, -0.05) is 41.4 Å². The Morgan fingerprint density at radius 1 is 1.14 bits per heavy atom. The van der Waals surface area contributed by atoms with Crippen molar-refractivity contribution in [2.45, 2.75) is 26.7 Å². The van der Waals surface area contributed by atoms with E-state index in [0.29, 0.717) is 17.2 Å². The smallest absolute Gasteiger partial charge is 0.138 e. The Morgan fingerprint density at radius 2 is 1.81 bits per heavy atom. The van der Waals surface area contributed by atoms with Crippen LogP contribution in [0.15, 0.2) is 40.9 Å². The maximum Gasteiger partial charge on any atom is 0.138 e. The average Bonchev–Trinajstić information content (AvgIpc) is 2.42. The number of hydrogen-bond donors (Lipinski definition) is 2. The molecule has 0 radical (unpaired) electrons. The molecule has 0 aromatic heterocycles. The quantitative estimate of drug-likeness (QED) is 0.607. The topological polar surface area (TPSA) is 59.1 Å². The molecule has 0 spiro atoms. The summed E-state index contributed by atoms with van der Waals surface area (Å²) in [5, 5.41) is 7.70. The summed E-state index contributed by atoms with van der Waals surface area (Å²) in [4.78, 5) is 0. The second-order valence-electron chi connectivity index (χ2n) is 5.35. The molecular formula is C17H19BrN2O. The van der Waals surface area contributed by atoms with Crippen LogP contribution >= 0.6 is 15.9 Å². The molecule has 0 atom stereocenters. The van der Waals surface area contributed by atoms with Crippen LogP contribution in [0.2, 0.25) is 0 Å². The maximum absolute atomic E-state index is 7.70. The molecule has 2 aromatic carbocycles. The van der Waals surface area contributed by atoms with Crippen molar-refractivity contribution in [3.63, 3.8) is 0 Å². The second kappa shape index (κ2) is 6.31. The van der Waals surface area contributed by atoms with Crippen LogP contribution in [0, 0.1) is 12.3 Å². The molecule has 0 unspecified atom stereocenters. The Kier molecular flexibility index (Phi) is 4.68. The molecule has 0 heterocycles. The van der Waals surface area contributed by atoms with E-state index in [2.05, 4.69) is 35.8 Å². The van der Waals surface area contributed by atoms with Gasteiger partial charge in [0.15, 0.2) is 0 Å². The van der Waals surface area contributed by atoms with Crippen molar-refractivity contribution in [2.24, 2.45) is 5.73 Å². The van der Waals surface area contributed by atoms with E-state index in [0.717, 1.165) is 21.3 Å². The molecule has 3 N–H and O–H groups in total. The van der Waals surface area contributed by atoms with Crippen LogP contribution in [-0.4, -0.2) is 5.84 Å². The molecule has 0 amide bonds. The second-order valence-corrected chi connectivity index (χ2v) is 6.27. The number of amidine groups is 1. The number of ether oxygens (including phenoxy) is 1. The zero-order valence-electron chi connectivity index (χ0n) is 12.4. The lowest BCUT2D eigenvalue weighted by atomic mass is 10.0. The number of hydrogen-bond acceptors (Lipinski definition) is 2. The first-order valence-electron chi connectivity index (χ1n) is 6.81. The van der Waals surface area contributed by atoms with Crippen molar-refractivity contribution < 1.29 is 4.74 Å². The molecular weight excluding hydrogens is 328 g/mol. The van der Waals surface area contributed by atoms with Gasteiger partial charge in [0.25, 0.3) is 0 Å². The fourth-order valence-corrected chi connectivity index (χ4v) is 2.50. The van der Waals surface area contributed by atoms with Gasteiger partial charge in [-0.05, 0) is 48.7 Å². The van der Waals surface area contributed by atoms with Gasteiger partial charge in [-0.3, -0.25) is 5.41 Å². The van der Waals surface area contributed by atoms with Crippen molar-refractivity contribution in [2.75, 3.05) is 0 Å². The minimum atomic E-state index is 0.0110. The van der Waals surface area contributed by atoms with Gasteiger partial charge in [0.05, 0.1) is 5.56 Å². The van der Waals surface area contributed by atoms with Gasteiger partial charge >= 0.3 is 0 Å². The zero-order chi connectivity index (χ0) is 15.6. The predicted molar refractivity (Wildman–Crippen MR) is 90.5 cm³/mol. The highest BCUT2D eigenvalue weighted by atomic mass is 79.9. The van der Waals surface area contributed by atoms with Gasteiger partial charge in [-0.2, -0.15) is 0 Å². The fourth-order valence-electron chi connectivity index (χ4n) is 2.13. The van der Waals surface area contributed by atoms with Gasteiger partial charge in [-0.25, -0.2) is 0 Å². The van der Waals surface area contributed by atoms with Crippen LogP contribution in [0.5, 0.6) is 11.5 Å². The molecule has 0 bridgehead atoms. The van der Waals surface area contributed by atoms with E-state index in [1.807, 2.05) is 37.3 Å². The lowest BCUT2D eigenvalue weighted by Crippen LogP contribution is -2.12. The van der Waals surface area contributed by atoms with Crippen LogP contribution in [0.3, 0.4) is 0 Å². The Hall–Kier alpha value is -1.81. The summed E-state index contributed by atoms with van der Waals surface area (Å²) in [6, 6.07) is 11.6. The van der Waals surface area contributed by atoms with E-state index in [4.69, 9.17) is 15.9 Å². The molecule has 0 aliphatic carbocycles. The lowest BCUT2D eigenvalue weighted by molar-refractivity contribution is 0.472. The Balaban J connectivity index is 2.46. The largest absolute Gasteiger partial charge is 0.456 e. The third-order valence-electron chi connectivity index (χ3n) is 3.24. The summed E-state index contributed by atoms with van der Waals surface area (Å²) in [6.07, 6.45) is 0. The summed E-state index contributed by atoms with van der Waals surface area (Å²) in [5.74, 6) is 1.75. The SMILES string of the molecule is Cc1ccc(Oc2ccc(Br)cc2C(C)C)c(C(=N)N)c1. The predicted octanol–water partition coefficient (Wildman–Crippen LogP) is 4.96. The summed E-state index contributed by atoms with van der Waals surface area (Å²) in [7, 11) is 0. The van der Waals surface area contributed by atoms with Gasteiger partial charge in [-0.15, -0.1) is 0 Å². The average molecular weight is 347 g/mol. The zero-order valence-corrected chi connectivity index (χ0v) is 14.0. The Bertz CT molecular complexity index is 680. The molecule has 0 aliphatic heterocycles. The number of benzene rings is 2. The van der Waals surface area contributed by atoms with Crippen molar-refractivity contribution in [3.05, 3.63) is 57.6 Å². The van der Waals surface area contributed by atoms with Crippen LogP contribution in [0.25, 0.3) is 0 Å². The summed E-state index contributed by atoms with van der Waals surface area (Å²) < 4.78 is 7.05. The third-order valence-corrected chi connectivity index (χ3v) is 3.73. The number of nitrogen functional groups attached to an aromatic ring is 1. The van der Waals surface area contributed by atoms with Crippen molar-refractivity contribution in [1.82, 2.24) is 0 Å². The molecule has 3 nitrogen and oxygen atoms in total. The Morgan fingerprint density at radius 3 is 2.43 bits per heavy atom. The number of aryl methyl sites for hydroxylation is 1. The number of nitrogens with two attached hydrogens (primary N) is 1. The highest BCUT2D eigenvalue weighted by Gasteiger charge is 2.13. The molecule has 0 aliphatic rings. The van der Waals surface area contributed by atoms with E-state index in [1.54, 1.807) is 0 Å². The number of nitrogens with one attached hydrogen (secondary N) is 1. The van der Waals surface area contributed by atoms with Gasteiger partial charge in [0, 0.05) is 4.47 Å². The van der Waals surface area contributed by atoms with Crippen LogP contribution in [0.4, 0.5) is 0 Å². The highest BCUT2D eigenvalue weighted by Crippen LogP contribution is 2.34. The molecule has 0 saturated carbocycles. The summed E-state index contributed by atoms with van der Waals surface area (Å²) in [5.41, 5.74) is 8.43. The first-order valence-corrected chi connectivity index (χ1v) is 7.60. The Labute approximate surface area is 133 Å². The summed E-state index contributed by atoms with van der Waals surface area (Å²) >= 11 is 3.49. The monoisotopic (exact) mass is 346 g/mol. The van der Waals surface area contributed by atoms with Crippen molar-refractivity contribution in [1.29, 1.82) is 5.41 Å². The van der Waals surface area contributed by atoms with E-state index in [1.165, 1.54) is 0 Å². The standard InChI is InChI=1S/C17H19BrN2O/c1-10(2)13-9-12(18)5-7-15(13)21-16-6-4-11(3)8-14(16)17(19)20/h4-10H,1-3H3,(H3,19,20). The minimum absolute atomic E-state index is 0.0110. The molecule has 0 saturated heterocycles. The first kappa shape index (κ1) is 15.6. The van der Waals surface area contributed by atoms with E-state index in [-0.39, 0.29) is 5.84 Å². The van der Waals surface area contributed by atoms with E-state index >= 15 is 0 Å². The molecule has 0 fully saturated rings. The van der Waals surface area contributed by atoms with Crippen LogP contribution < -0.4 is 10.5 Å². The maximum atomic E-state index is 7.70. The molecule has 110 valence electrons. The fraction of sp³-hybridized carbons (Fsp3) is 0.235. The molecule has 2 aromatic rings. The lowest BCUT2D eigenvalue weighted by Gasteiger charge is -2.16. The van der Waals surface area contributed by atoms with E-state index < -0.39 is 0 Å². The normalized spacial score (nSPS) is 10.7. The molecule has 2 rings (SSSR count). The first-order chi connectivity index (χ1) is 9.88.